The minimum atomic E-state index is -3.95. The molecule has 0 saturated heterocycles. The maximum absolute atomic E-state index is 13.2. The number of rotatable bonds is 10. The lowest BCUT2D eigenvalue weighted by Crippen LogP contribution is -2.41. The number of sulfonamides is 1. The average Bonchev–Trinajstić information content (AvgIpc) is 2.94. The first-order valence-electron chi connectivity index (χ1n) is 13.2. The number of benzene rings is 3. The number of amides is 1. The van der Waals surface area contributed by atoms with Gasteiger partial charge in [0.05, 0.1) is 20.6 Å². The van der Waals surface area contributed by atoms with Crippen LogP contribution in [0.25, 0.3) is 0 Å². The fourth-order valence-electron chi connectivity index (χ4n) is 5.40. The van der Waals surface area contributed by atoms with Gasteiger partial charge in [-0.3, -0.25) is 9.10 Å². The quantitative estimate of drug-likeness (QED) is 0.299. The summed E-state index contributed by atoms with van der Waals surface area (Å²) in [4.78, 5) is 15.1. The standard InChI is InChI=1S/C30H35Cl2N3O4S/c1-34(2)30(21-9-5-4-6-10-21)22-13-15-23(16-14-22)33-29(36)20-39-28-12-8-7-11-27(28)35(3)40(37,38)24-17-18-25(31)26(32)19-24/h4-12,17-19,22-23,30H,13-16,20H2,1-3H3,(H,33,36). The summed E-state index contributed by atoms with van der Waals surface area (Å²) in [5, 5.41) is 3.50. The van der Waals surface area contributed by atoms with Gasteiger partial charge < -0.3 is 15.0 Å². The van der Waals surface area contributed by atoms with Gasteiger partial charge in [-0.15, -0.1) is 0 Å². The van der Waals surface area contributed by atoms with Gasteiger partial charge in [0.1, 0.15) is 5.75 Å². The summed E-state index contributed by atoms with van der Waals surface area (Å²) < 4.78 is 33.4. The topological polar surface area (TPSA) is 79.0 Å². The molecule has 1 aliphatic rings. The largest absolute Gasteiger partial charge is 0.482 e. The summed E-state index contributed by atoms with van der Waals surface area (Å²) >= 11 is 12.0. The highest BCUT2D eigenvalue weighted by atomic mass is 35.5. The van der Waals surface area contributed by atoms with Crippen molar-refractivity contribution in [2.45, 2.75) is 42.7 Å². The van der Waals surface area contributed by atoms with E-state index >= 15 is 0 Å². The Bertz CT molecular complexity index is 1410. The van der Waals surface area contributed by atoms with Gasteiger partial charge in [-0.1, -0.05) is 65.7 Å². The second kappa shape index (κ2) is 13.3. The third-order valence-corrected chi connectivity index (χ3v) is 9.90. The van der Waals surface area contributed by atoms with E-state index < -0.39 is 10.0 Å². The maximum Gasteiger partial charge on any atom is 0.264 e. The van der Waals surface area contributed by atoms with Crippen molar-refractivity contribution in [3.63, 3.8) is 0 Å². The van der Waals surface area contributed by atoms with Crippen molar-refractivity contribution in [3.05, 3.63) is 88.4 Å². The third kappa shape index (κ3) is 7.10. The van der Waals surface area contributed by atoms with E-state index in [-0.39, 0.29) is 39.2 Å². The van der Waals surface area contributed by atoms with Crippen molar-refractivity contribution >= 4 is 44.8 Å². The fourth-order valence-corrected chi connectivity index (χ4v) is 6.99. The second-order valence-electron chi connectivity index (χ2n) is 10.3. The van der Waals surface area contributed by atoms with E-state index in [9.17, 15) is 13.2 Å². The van der Waals surface area contributed by atoms with Crippen molar-refractivity contribution in [2.24, 2.45) is 5.92 Å². The molecule has 10 heteroatoms. The lowest BCUT2D eigenvalue weighted by molar-refractivity contribution is -0.124. The fraction of sp³-hybridized carbons (Fsp3) is 0.367. The summed E-state index contributed by atoms with van der Waals surface area (Å²) in [6, 6.07) is 21.8. The number of ether oxygens (including phenoxy) is 1. The Morgan fingerprint density at radius 1 is 0.925 bits per heavy atom. The Balaban J connectivity index is 1.34. The molecule has 1 unspecified atom stereocenters. The molecule has 4 rings (SSSR count). The molecule has 0 heterocycles. The summed E-state index contributed by atoms with van der Waals surface area (Å²) in [7, 11) is 1.72. The molecule has 1 fully saturated rings. The van der Waals surface area contributed by atoms with Gasteiger partial charge in [0, 0.05) is 19.1 Å². The van der Waals surface area contributed by atoms with Crippen molar-refractivity contribution in [1.29, 1.82) is 0 Å². The molecule has 40 heavy (non-hydrogen) atoms. The van der Waals surface area contributed by atoms with Gasteiger partial charge in [-0.2, -0.15) is 0 Å². The molecule has 3 aromatic carbocycles. The Kier molecular flexibility index (Phi) is 10.0. The zero-order valence-electron chi connectivity index (χ0n) is 22.9. The predicted molar refractivity (Wildman–Crippen MR) is 161 cm³/mol. The van der Waals surface area contributed by atoms with Crippen LogP contribution >= 0.6 is 23.2 Å². The van der Waals surface area contributed by atoms with Crippen LogP contribution in [0.4, 0.5) is 5.69 Å². The van der Waals surface area contributed by atoms with Crippen LogP contribution in [0.3, 0.4) is 0 Å². The van der Waals surface area contributed by atoms with Crippen molar-refractivity contribution in [3.8, 4) is 5.75 Å². The molecule has 0 aliphatic heterocycles. The molecule has 3 aromatic rings. The van der Waals surface area contributed by atoms with Crippen LogP contribution in [0.5, 0.6) is 5.75 Å². The van der Waals surface area contributed by atoms with Crippen LogP contribution in [-0.4, -0.2) is 53.0 Å². The summed E-state index contributed by atoms with van der Waals surface area (Å²) in [6.07, 6.45) is 3.83. The van der Waals surface area contributed by atoms with E-state index in [1.807, 2.05) is 6.07 Å². The highest BCUT2D eigenvalue weighted by molar-refractivity contribution is 7.92. The highest BCUT2D eigenvalue weighted by Gasteiger charge is 2.31. The van der Waals surface area contributed by atoms with E-state index in [1.165, 1.54) is 30.8 Å². The van der Waals surface area contributed by atoms with Gasteiger partial charge in [0.2, 0.25) is 0 Å². The zero-order chi connectivity index (χ0) is 28.9. The SMILES string of the molecule is CN(C)C(c1ccccc1)C1CCC(NC(=O)COc2ccccc2N(C)S(=O)(=O)c2ccc(Cl)c(Cl)c2)CC1. The molecule has 0 radical (unpaired) electrons. The van der Waals surface area contributed by atoms with Crippen molar-refractivity contribution < 1.29 is 17.9 Å². The minimum absolute atomic E-state index is 0.00341. The molecule has 1 atom stereocenters. The van der Waals surface area contributed by atoms with Gasteiger partial charge in [0.25, 0.3) is 15.9 Å². The second-order valence-corrected chi connectivity index (χ2v) is 13.1. The number of nitrogens with zero attached hydrogens (tertiary/aromatic N) is 2. The monoisotopic (exact) mass is 603 g/mol. The number of halogens is 2. The average molecular weight is 605 g/mol. The molecule has 1 aliphatic carbocycles. The lowest BCUT2D eigenvalue weighted by atomic mass is 9.78. The van der Waals surface area contributed by atoms with Gasteiger partial charge in [-0.25, -0.2) is 8.42 Å². The van der Waals surface area contributed by atoms with Crippen LogP contribution in [0.2, 0.25) is 10.0 Å². The molecule has 1 N–H and O–H groups in total. The number of para-hydroxylation sites is 2. The summed E-state index contributed by atoms with van der Waals surface area (Å²) in [5.41, 5.74) is 1.62. The number of carbonyl (C=O) groups excluding carboxylic acids is 1. The first-order valence-corrected chi connectivity index (χ1v) is 15.4. The first kappa shape index (κ1) is 30.2. The molecule has 7 nitrogen and oxygen atoms in total. The molecule has 0 bridgehead atoms. The van der Waals surface area contributed by atoms with Crippen LogP contribution < -0.4 is 14.4 Å². The van der Waals surface area contributed by atoms with Crippen LogP contribution in [0.1, 0.15) is 37.3 Å². The Hall–Kier alpha value is -2.78. The van der Waals surface area contributed by atoms with Crippen LogP contribution in [0, 0.1) is 5.92 Å². The first-order chi connectivity index (χ1) is 19.1. The lowest BCUT2D eigenvalue weighted by Gasteiger charge is -2.37. The number of hydrogen-bond acceptors (Lipinski definition) is 5. The number of nitrogens with one attached hydrogen (secondary N) is 1. The Morgan fingerprint density at radius 2 is 1.57 bits per heavy atom. The molecule has 0 spiro atoms. The van der Waals surface area contributed by atoms with Crippen LogP contribution in [0.15, 0.2) is 77.7 Å². The zero-order valence-corrected chi connectivity index (χ0v) is 25.2. The van der Waals surface area contributed by atoms with Gasteiger partial charge in [0.15, 0.2) is 6.61 Å². The smallest absolute Gasteiger partial charge is 0.264 e. The maximum atomic E-state index is 13.2. The van der Waals surface area contributed by atoms with E-state index in [0.29, 0.717) is 17.6 Å². The van der Waals surface area contributed by atoms with E-state index in [2.05, 4.69) is 48.6 Å². The predicted octanol–water partition coefficient (Wildman–Crippen LogP) is 6.18. The van der Waals surface area contributed by atoms with E-state index in [4.69, 9.17) is 27.9 Å². The molecule has 214 valence electrons. The number of carbonyl (C=O) groups is 1. The van der Waals surface area contributed by atoms with Crippen molar-refractivity contribution in [2.75, 3.05) is 32.1 Å². The molecule has 0 aromatic heterocycles. The summed E-state index contributed by atoms with van der Waals surface area (Å²) in [6.45, 7) is -0.220. The van der Waals surface area contributed by atoms with Gasteiger partial charge in [-0.05, 0) is 81.6 Å². The number of hydrogen-bond donors (Lipinski definition) is 1. The molecular formula is C30H35Cl2N3O4S. The normalized spacial score (nSPS) is 18.2. The minimum Gasteiger partial charge on any atom is -0.482 e. The van der Waals surface area contributed by atoms with Crippen molar-refractivity contribution in [1.82, 2.24) is 10.2 Å². The Labute approximate surface area is 247 Å². The molecule has 1 saturated carbocycles. The number of anilines is 1. The van der Waals surface area contributed by atoms with Gasteiger partial charge >= 0.3 is 0 Å². The van der Waals surface area contributed by atoms with E-state index in [0.717, 1.165) is 30.0 Å². The Morgan fingerprint density at radius 3 is 2.23 bits per heavy atom. The third-order valence-electron chi connectivity index (χ3n) is 7.39. The highest BCUT2D eigenvalue weighted by Crippen LogP contribution is 2.37. The molecular weight excluding hydrogens is 569 g/mol. The van der Waals surface area contributed by atoms with Crippen LogP contribution in [-0.2, 0) is 14.8 Å². The summed E-state index contributed by atoms with van der Waals surface area (Å²) in [5.74, 6) is 0.561. The van der Waals surface area contributed by atoms with E-state index in [1.54, 1.807) is 24.3 Å². The molecule has 1 amide bonds.